The summed E-state index contributed by atoms with van der Waals surface area (Å²) in [5, 5.41) is 10.5. The second kappa shape index (κ2) is 6.59. The standard InChI is InChI=1S/C14H23N3O2/c1-3-19-14(18)12-10(2)16-17-13(12)15-11-8-6-4-5-7-9-11/h11H,3-9H2,1-2H3,(H2,15,16,17). The Labute approximate surface area is 114 Å². The molecular weight excluding hydrogens is 242 g/mol. The van der Waals surface area contributed by atoms with Crippen LogP contribution in [0.4, 0.5) is 5.82 Å². The third-order valence-electron chi connectivity index (χ3n) is 3.62. The van der Waals surface area contributed by atoms with E-state index in [4.69, 9.17) is 4.74 Å². The Morgan fingerprint density at radius 1 is 1.37 bits per heavy atom. The van der Waals surface area contributed by atoms with Crippen LogP contribution < -0.4 is 5.32 Å². The van der Waals surface area contributed by atoms with Crippen molar-refractivity contribution in [2.75, 3.05) is 11.9 Å². The molecule has 1 fully saturated rings. The normalized spacial score (nSPS) is 16.9. The van der Waals surface area contributed by atoms with Crippen LogP contribution in [0.5, 0.6) is 0 Å². The largest absolute Gasteiger partial charge is 0.462 e. The average molecular weight is 265 g/mol. The van der Waals surface area contributed by atoms with Gasteiger partial charge in [-0.2, -0.15) is 5.10 Å². The second-order valence-corrected chi connectivity index (χ2v) is 5.13. The highest BCUT2D eigenvalue weighted by Gasteiger charge is 2.22. The van der Waals surface area contributed by atoms with E-state index >= 15 is 0 Å². The number of nitrogens with one attached hydrogen (secondary N) is 2. The van der Waals surface area contributed by atoms with E-state index in [0.29, 0.717) is 24.0 Å². The van der Waals surface area contributed by atoms with Crippen LogP contribution in [0.25, 0.3) is 0 Å². The maximum Gasteiger partial charge on any atom is 0.343 e. The highest BCUT2D eigenvalue weighted by Crippen LogP contribution is 2.23. The third-order valence-corrected chi connectivity index (χ3v) is 3.62. The molecule has 1 aromatic rings. The smallest absolute Gasteiger partial charge is 0.343 e. The van der Waals surface area contributed by atoms with Gasteiger partial charge in [0, 0.05) is 11.7 Å². The van der Waals surface area contributed by atoms with Crippen molar-refractivity contribution in [1.29, 1.82) is 0 Å². The lowest BCUT2D eigenvalue weighted by atomic mass is 10.1. The molecule has 2 rings (SSSR count). The summed E-state index contributed by atoms with van der Waals surface area (Å²) in [5.74, 6) is 0.340. The fourth-order valence-corrected chi connectivity index (χ4v) is 2.60. The zero-order valence-electron chi connectivity index (χ0n) is 11.8. The maximum atomic E-state index is 11.9. The summed E-state index contributed by atoms with van der Waals surface area (Å²) in [6.07, 6.45) is 7.40. The van der Waals surface area contributed by atoms with Gasteiger partial charge in [0.15, 0.2) is 5.82 Å². The van der Waals surface area contributed by atoms with Gasteiger partial charge in [0.25, 0.3) is 0 Å². The van der Waals surface area contributed by atoms with E-state index in [1.807, 2.05) is 13.8 Å². The molecule has 0 radical (unpaired) electrons. The van der Waals surface area contributed by atoms with E-state index in [2.05, 4.69) is 15.5 Å². The molecule has 0 atom stereocenters. The van der Waals surface area contributed by atoms with E-state index < -0.39 is 0 Å². The van der Waals surface area contributed by atoms with E-state index in [9.17, 15) is 4.79 Å². The molecule has 0 bridgehead atoms. The molecule has 2 N–H and O–H groups in total. The van der Waals surface area contributed by atoms with Gasteiger partial charge in [0.05, 0.1) is 6.61 Å². The van der Waals surface area contributed by atoms with Crippen LogP contribution >= 0.6 is 0 Å². The van der Waals surface area contributed by atoms with Gasteiger partial charge in [-0.1, -0.05) is 25.7 Å². The molecule has 1 aliphatic carbocycles. The highest BCUT2D eigenvalue weighted by atomic mass is 16.5. The quantitative estimate of drug-likeness (QED) is 0.648. The summed E-state index contributed by atoms with van der Waals surface area (Å²) in [6.45, 7) is 4.04. The van der Waals surface area contributed by atoms with Crippen LogP contribution in [-0.2, 0) is 4.74 Å². The zero-order chi connectivity index (χ0) is 13.7. The van der Waals surface area contributed by atoms with Crippen LogP contribution in [0.15, 0.2) is 0 Å². The van der Waals surface area contributed by atoms with Gasteiger partial charge in [-0.3, -0.25) is 5.10 Å². The minimum atomic E-state index is -0.301. The topological polar surface area (TPSA) is 67.0 Å². The van der Waals surface area contributed by atoms with Crippen molar-refractivity contribution in [3.63, 3.8) is 0 Å². The summed E-state index contributed by atoms with van der Waals surface area (Å²) in [4.78, 5) is 11.9. The summed E-state index contributed by atoms with van der Waals surface area (Å²) in [7, 11) is 0. The molecule has 0 saturated heterocycles. The number of nitrogens with zero attached hydrogens (tertiary/aromatic N) is 1. The van der Waals surface area contributed by atoms with Gasteiger partial charge in [-0.25, -0.2) is 4.79 Å². The molecular formula is C14H23N3O2. The number of carbonyl (C=O) groups excluding carboxylic acids is 1. The van der Waals surface area contributed by atoms with Crippen molar-refractivity contribution in [3.8, 4) is 0 Å². The first-order chi connectivity index (χ1) is 9.22. The fraction of sp³-hybridized carbons (Fsp3) is 0.714. The SMILES string of the molecule is CCOC(=O)c1c(NC2CCCCCC2)n[nH]c1C. The number of ether oxygens (including phenoxy) is 1. The lowest BCUT2D eigenvalue weighted by molar-refractivity contribution is 0.0526. The number of carbonyl (C=O) groups is 1. The molecule has 19 heavy (non-hydrogen) atoms. The molecule has 106 valence electrons. The minimum Gasteiger partial charge on any atom is -0.462 e. The predicted octanol–water partition coefficient (Wildman–Crippen LogP) is 3.03. The Kier molecular flexibility index (Phi) is 4.82. The van der Waals surface area contributed by atoms with Crippen molar-refractivity contribution in [2.45, 2.75) is 58.4 Å². The number of esters is 1. The zero-order valence-corrected chi connectivity index (χ0v) is 11.8. The minimum absolute atomic E-state index is 0.301. The first-order valence-electron chi connectivity index (χ1n) is 7.21. The monoisotopic (exact) mass is 265 g/mol. The first-order valence-corrected chi connectivity index (χ1v) is 7.21. The van der Waals surface area contributed by atoms with Crippen molar-refractivity contribution < 1.29 is 9.53 Å². The van der Waals surface area contributed by atoms with Crippen molar-refractivity contribution in [2.24, 2.45) is 0 Å². The van der Waals surface area contributed by atoms with Crippen LogP contribution in [0.1, 0.15) is 61.5 Å². The van der Waals surface area contributed by atoms with Crippen LogP contribution in [0, 0.1) is 6.92 Å². The molecule has 1 heterocycles. The Balaban J connectivity index is 2.09. The fourth-order valence-electron chi connectivity index (χ4n) is 2.60. The van der Waals surface area contributed by atoms with Gasteiger partial charge >= 0.3 is 5.97 Å². The van der Waals surface area contributed by atoms with Gasteiger partial charge in [-0.05, 0) is 26.7 Å². The number of H-pyrrole nitrogens is 1. The van der Waals surface area contributed by atoms with Crippen molar-refractivity contribution >= 4 is 11.8 Å². The molecule has 0 aromatic carbocycles. The molecule has 1 aromatic heterocycles. The number of aryl methyl sites for hydroxylation is 1. The maximum absolute atomic E-state index is 11.9. The van der Waals surface area contributed by atoms with Crippen LogP contribution in [0.3, 0.4) is 0 Å². The Morgan fingerprint density at radius 2 is 2.05 bits per heavy atom. The van der Waals surface area contributed by atoms with Gasteiger partial charge in [0.2, 0.25) is 0 Å². The van der Waals surface area contributed by atoms with Gasteiger partial charge in [0.1, 0.15) is 5.56 Å². The predicted molar refractivity (Wildman–Crippen MR) is 74.4 cm³/mol. The lowest BCUT2D eigenvalue weighted by Crippen LogP contribution is -2.20. The molecule has 0 amide bonds. The number of hydrogen-bond acceptors (Lipinski definition) is 4. The van der Waals surface area contributed by atoms with Crippen LogP contribution in [-0.4, -0.2) is 28.8 Å². The summed E-state index contributed by atoms with van der Waals surface area (Å²) in [5.41, 5.74) is 1.31. The molecule has 1 aliphatic rings. The van der Waals surface area contributed by atoms with Gasteiger partial charge < -0.3 is 10.1 Å². The average Bonchev–Trinajstić information content (AvgIpc) is 2.60. The summed E-state index contributed by atoms with van der Waals surface area (Å²) in [6, 6.07) is 0.415. The van der Waals surface area contributed by atoms with E-state index in [-0.39, 0.29) is 5.97 Å². The van der Waals surface area contributed by atoms with Crippen molar-refractivity contribution in [3.05, 3.63) is 11.3 Å². The first kappa shape index (κ1) is 13.9. The number of aromatic nitrogens is 2. The highest BCUT2D eigenvalue weighted by molar-refractivity contribution is 5.95. The third kappa shape index (κ3) is 3.49. The number of rotatable bonds is 4. The molecule has 0 aliphatic heterocycles. The van der Waals surface area contributed by atoms with E-state index in [1.54, 1.807) is 0 Å². The van der Waals surface area contributed by atoms with Gasteiger partial charge in [-0.15, -0.1) is 0 Å². The molecule has 0 unspecified atom stereocenters. The Morgan fingerprint density at radius 3 is 2.68 bits per heavy atom. The Bertz CT molecular complexity index is 420. The molecule has 5 nitrogen and oxygen atoms in total. The summed E-state index contributed by atoms with van der Waals surface area (Å²) < 4.78 is 5.08. The molecule has 0 spiro atoms. The lowest BCUT2D eigenvalue weighted by Gasteiger charge is -2.16. The number of hydrogen-bond donors (Lipinski definition) is 2. The van der Waals surface area contributed by atoms with E-state index in [1.165, 1.54) is 25.7 Å². The molecule has 1 saturated carbocycles. The summed E-state index contributed by atoms with van der Waals surface area (Å²) >= 11 is 0. The van der Waals surface area contributed by atoms with E-state index in [0.717, 1.165) is 18.5 Å². The van der Waals surface area contributed by atoms with Crippen molar-refractivity contribution in [1.82, 2.24) is 10.2 Å². The number of anilines is 1. The molecule has 5 heteroatoms. The Hall–Kier alpha value is -1.52. The van der Waals surface area contributed by atoms with Crippen LogP contribution in [0.2, 0.25) is 0 Å². The number of aromatic amines is 1. The second-order valence-electron chi connectivity index (χ2n) is 5.13.